The Hall–Kier alpha value is -1.10. The molecule has 2 unspecified atom stereocenters. The van der Waals surface area contributed by atoms with E-state index < -0.39 is 11.9 Å². The van der Waals surface area contributed by atoms with Gasteiger partial charge in [-0.25, -0.2) is 0 Å². The number of carboxylic acids is 1. The van der Waals surface area contributed by atoms with Gasteiger partial charge in [0.25, 0.3) is 0 Å². The number of carboxylic acid groups (broad SMARTS) is 1. The minimum Gasteiger partial charge on any atom is -0.481 e. The van der Waals surface area contributed by atoms with Crippen molar-refractivity contribution in [1.82, 2.24) is 5.32 Å². The summed E-state index contributed by atoms with van der Waals surface area (Å²) in [7, 11) is 0. The first-order valence-corrected chi connectivity index (χ1v) is 6.29. The molecule has 2 rings (SSSR count). The van der Waals surface area contributed by atoms with E-state index in [0.29, 0.717) is 26.1 Å². The van der Waals surface area contributed by atoms with Crippen molar-refractivity contribution in [2.24, 2.45) is 11.8 Å². The van der Waals surface area contributed by atoms with Crippen molar-refractivity contribution in [1.29, 1.82) is 0 Å². The van der Waals surface area contributed by atoms with E-state index in [1.165, 1.54) is 0 Å². The zero-order valence-corrected chi connectivity index (χ0v) is 9.85. The van der Waals surface area contributed by atoms with Crippen LogP contribution in [0.2, 0.25) is 0 Å². The summed E-state index contributed by atoms with van der Waals surface area (Å²) in [5, 5.41) is 12.0. The van der Waals surface area contributed by atoms with E-state index in [-0.39, 0.29) is 17.9 Å². The van der Waals surface area contributed by atoms with Crippen LogP contribution in [0.1, 0.15) is 32.1 Å². The van der Waals surface area contributed by atoms with Gasteiger partial charge >= 0.3 is 5.97 Å². The summed E-state index contributed by atoms with van der Waals surface area (Å²) >= 11 is 0. The number of amides is 1. The molecule has 1 saturated heterocycles. The maximum atomic E-state index is 12.0. The lowest BCUT2D eigenvalue weighted by atomic mass is 9.94. The highest BCUT2D eigenvalue weighted by atomic mass is 16.5. The highest BCUT2D eigenvalue weighted by Crippen LogP contribution is 2.32. The van der Waals surface area contributed by atoms with Gasteiger partial charge in [-0.05, 0) is 25.7 Å². The molecule has 0 aromatic carbocycles. The molecule has 1 saturated carbocycles. The van der Waals surface area contributed by atoms with Gasteiger partial charge in [-0.1, -0.05) is 6.42 Å². The molecule has 5 nitrogen and oxygen atoms in total. The van der Waals surface area contributed by atoms with Crippen molar-refractivity contribution in [2.75, 3.05) is 13.2 Å². The zero-order valence-electron chi connectivity index (χ0n) is 9.85. The van der Waals surface area contributed by atoms with Gasteiger partial charge in [0.2, 0.25) is 5.91 Å². The third-order valence-electron chi connectivity index (χ3n) is 3.74. The molecule has 0 spiro atoms. The second kappa shape index (κ2) is 5.49. The van der Waals surface area contributed by atoms with Crippen molar-refractivity contribution in [3.05, 3.63) is 0 Å². The summed E-state index contributed by atoms with van der Waals surface area (Å²) in [6.45, 7) is 1.36. The monoisotopic (exact) mass is 241 g/mol. The van der Waals surface area contributed by atoms with E-state index in [1.807, 2.05) is 0 Å². The minimum atomic E-state index is -0.838. The molecular weight excluding hydrogens is 222 g/mol. The average molecular weight is 241 g/mol. The van der Waals surface area contributed by atoms with Crippen LogP contribution in [0, 0.1) is 11.8 Å². The molecule has 0 bridgehead atoms. The smallest absolute Gasteiger partial charge is 0.307 e. The summed E-state index contributed by atoms with van der Waals surface area (Å²) in [4.78, 5) is 23.0. The van der Waals surface area contributed by atoms with Crippen molar-refractivity contribution >= 4 is 11.9 Å². The van der Waals surface area contributed by atoms with Crippen molar-refractivity contribution in [2.45, 2.75) is 38.1 Å². The van der Waals surface area contributed by atoms with E-state index >= 15 is 0 Å². The SMILES string of the molecule is O=C(O)C1CCCC1C(=O)NC1CCOCC1. The first-order valence-electron chi connectivity index (χ1n) is 6.29. The Morgan fingerprint density at radius 3 is 2.35 bits per heavy atom. The number of carbonyl (C=O) groups excluding carboxylic acids is 1. The van der Waals surface area contributed by atoms with E-state index in [0.717, 1.165) is 19.3 Å². The lowest BCUT2D eigenvalue weighted by Crippen LogP contribution is -2.43. The van der Waals surface area contributed by atoms with E-state index in [1.54, 1.807) is 0 Å². The van der Waals surface area contributed by atoms with Gasteiger partial charge in [0.15, 0.2) is 0 Å². The van der Waals surface area contributed by atoms with Gasteiger partial charge in [0, 0.05) is 19.3 Å². The number of carbonyl (C=O) groups is 2. The van der Waals surface area contributed by atoms with Crippen molar-refractivity contribution in [3.63, 3.8) is 0 Å². The quantitative estimate of drug-likeness (QED) is 0.765. The van der Waals surface area contributed by atoms with Gasteiger partial charge in [-0.3, -0.25) is 9.59 Å². The first-order chi connectivity index (χ1) is 8.18. The Bertz CT molecular complexity index is 299. The molecule has 96 valence electrons. The second-order valence-electron chi connectivity index (χ2n) is 4.88. The molecule has 2 N–H and O–H groups in total. The van der Waals surface area contributed by atoms with Crippen LogP contribution in [0.15, 0.2) is 0 Å². The molecule has 1 aliphatic heterocycles. The van der Waals surface area contributed by atoms with Crippen molar-refractivity contribution in [3.8, 4) is 0 Å². The fourth-order valence-electron chi connectivity index (χ4n) is 2.72. The van der Waals surface area contributed by atoms with Crippen LogP contribution in [-0.4, -0.2) is 36.2 Å². The van der Waals surface area contributed by atoms with Crippen LogP contribution in [0.3, 0.4) is 0 Å². The van der Waals surface area contributed by atoms with Gasteiger partial charge in [-0.15, -0.1) is 0 Å². The lowest BCUT2D eigenvalue weighted by Gasteiger charge is -2.25. The first kappa shape index (κ1) is 12.4. The zero-order chi connectivity index (χ0) is 12.3. The number of hydrogen-bond donors (Lipinski definition) is 2. The predicted molar refractivity (Wildman–Crippen MR) is 60.5 cm³/mol. The van der Waals surface area contributed by atoms with Crippen LogP contribution in [0.5, 0.6) is 0 Å². The van der Waals surface area contributed by atoms with E-state index in [4.69, 9.17) is 9.84 Å². The third kappa shape index (κ3) is 2.97. The molecule has 5 heteroatoms. The van der Waals surface area contributed by atoms with E-state index in [9.17, 15) is 9.59 Å². The van der Waals surface area contributed by atoms with Crippen LogP contribution in [0.25, 0.3) is 0 Å². The highest BCUT2D eigenvalue weighted by Gasteiger charge is 2.38. The lowest BCUT2D eigenvalue weighted by molar-refractivity contribution is -0.146. The number of ether oxygens (including phenoxy) is 1. The van der Waals surface area contributed by atoms with Crippen LogP contribution < -0.4 is 5.32 Å². The Morgan fingerprint density at radius 2 is 1.71 bits per heavy atom. The van der Waals surface area contributed by atoms with Gasteiger partial charge in [0.05, 0.1) is 11.8 Å². The topological polar surface area (TPSA) is 75.6 Å². The van der Waals surface area contributed by atoms with Gasteiger partial charge in [0.1, 0.15) is 0 Å². The maximum absolute atomic E-state index is 12.0. The molecular formula is C12H19NO4. The van der Waals surface area contributed by atoms with Crippen LogP contribution in [-0.2, 0) is 14.3 Å². The Kier molecular flexibility index (Phi) is 3.99. The number of aliphatic carboxylic acids is 1. The maximum Gasteiger partial charge on any atom is 0.307 e. The largest absolute Gasteiger partial charge is 0.481 e. The van der Waals surface area contributed by atoms with Gasteiger partial charge < -0.3 is 15.2 Å². The molecule has 17 heavy (non-hydrogen) atoms. The summed E-state index contributed by atoms with van der Waals surface area (Å²) in [5.74, 6) is -1.75. The number of nitrogens with one attached hydrogen (secondary N) is 1. The second-order valence-corrected chi connectivity index (χ2v) is 4.88. The molecule has 0 aromatic heterocycles. The Balaban J connectivity index is 1.88. The fourth-order valence-corrected chi connectivity index (χ4v) is 2.72. The van der Waals surface area contributed by atoms with E-state index in [2.05, 4.69) is 5.32 Å². The van der Waals surface area contributed by atoms with Gasteiger partial charge in [-0.2, -0.15) is 0 Å². The molecule has 2 aliphatic rings. The third-order valence-corrected chi connectivity index (χ3v) is 3.74. The van der Waals surface area contributed by atoms with Crippen LogP contribution in [0.4, 0.5) is 0 Å². The summed E-state index contributed by atoms with van der Waals surface area (Å²) in [6.07, 6.45) is 3.82. The number of rotatable bonds is 3. The predicted octanol–water partition coefficient (Wildman–Crippen LogP) is 0.782. The summed E-state index contributed by atoms with van der Waals surface area (Å²) in [6, 6.07) is 0.159. The summed E-state index contributed by atoms with van der Waals surface area (Å²) < 4.78 is 5.22. The molecule has 2 fully saturated rings. The highest BCUT2D eigenvalue weighted by molar-refractivity contribution is 5.85. The molecule has 0 aromatic rings. The molecule has 1 amide bonds. The summed E-state index contributed by atoms with van der Waals surface area (Å²) in [5.41, 5.74) is 0. The normalized spacial score (nSPS) is 30.1. The number of hydrogen-bond acceptors (Lipinski definition) is 3. The molecule has 2 atom stereocenters. The van der Waals surface area contributed by atoms with Crippen molar-refractivity contribution < 1.29 is 19.4 Å². The minimum absolute atomic E-state index is 0.0817. The Morgan fingerprint density at radius 1 is 1.06 bits per heavy atom. The average Bonchev–Trinajstić information content (AvgIpc) is 2.79. The fraction of sp³-hybridized carbons (Fsp3) is 0.833. The molecule has 1 heterocycles. The Labute approximate surface area is 101 Å². The molecule has 1 aliphatic carbocycles. The standard InChI is InChI=1S/C12H19NO4/c14-11(13-8-4-6-17-7-5-8)9-2-1-3-10(9)12(15)16/h8-10H,1-7H2,(H,13,14)(H,15,16). The van der Waals surface area contributed by atoms with Crippen LogP contribution >= 0.6 is 0 Å². The molecule has 0 radical (unpaired) electrons.